The van der Waals surface area contributed by atoms with E-state index in [2.05, 4.69) is 34.8 Å². The molecule has 3 atom stereocenters. The molecule has 0 spiro atoms. The third-order valence-corrected chi connectivity index (χ3v) is 7.32. The molecule has 2 bridgehead atoms. The molecule has 6 nitrogen and oxygen atoms in total. The smallest absolute Gasteiger partial charge is 0.191 e. The Hall–Kier alpha value is -1.18. The number of hydrogen-bond acceptors (Lipinski definition) is 5. The second-order valence-corrected chi connectivity index (χ2v) is 9.33. The summed E-state index contributed by atoms with van der Waals surface area (Å²) in [5, 5.41) is 10.5. The zero-order valence-corrected chi connectivity index (χ0v) is 18.1. The van der Waals surface area contributed by atoms with Crippen LogP contribution in [0.2, 0.25) is 0 Å². The standard InChI is InChI=1S/C21H35N5OS/c1-3-20-24-16(14-28-20)13-26-9-7-15(8-10-26)12-23-21(22-4-2)25-18-11-17-5-6-19(18)27-17/h14-15,17-19H,3-13H2,1-2H3,(H2,22,23,25). The van der Waals surface area contributed by atoms with E-state index in [9.17, 15) is 0 Å². The van der Waals surface area contributed by atoms with Crippen LogP contribution in [0, 0.1) is 5.92 Å². The van der Waals surface area contributed by atoms with Crippen LogP contribution in [-0.4, -0.2) is 60.3 Å². The first-order chi connectivity index (χ1) is 13.7. The second-order valence-electron chi connectivity index (χ2n) is 8.39. The van der Waals surface area contributed by atoms with Gasteiger partial charge in [0, 0.05) is 25.0 Å². The Bertz CT molecular complexity index is 655. The summed E-state index contributed by atoms with van der Waals surface area (Å²) in [6.45, 7) is 9.44. The minimum absolute atomic E-state index is 0.385. The summed E-state index contributed by atoms with van der Waals surface area (Å²) >= 11 is 1.79. The molecule has 3 saturated heterocycles. The average molecular weight is 406 g/mol. The molecule has 3 fully saturated rings. The van der Waals surface area contributed by atoms with E-state index < -0.39 is 0 Å². The van der Waals surface area contributed by atoms with Gasteiger partial charge in [-0.25, -0.2) is 4.98 Å². The van der Waals surface area contributed by atoms with Gasteiger partial charge in [0.15, 0.2) is 5.96 Å². The lowest BCUT2D eigenvalue weighted by Gasteiger charge is -2.31. The fourth-order valence-corrected chi connectivity index (χ4v) is 5.38. The minimum atomic E-state index is 0.385. The van der Waals surface area contributed by atoms with Crippen molar-refractivity contribution in [2.75, 3.05) is 26.2 Å². The summed E-state index contributed by atoms with van der Waals surface area (Å²) in [6, 6.07) is 0.435. The molecular formula is C21H35N5OS. The van der Waals surface area contributed by atoms with Gasteiger partial charge in [0.25, 0.3) is 0 Å². The number of nitrogens with one attached hydrogen (secondary N) is 2. The van der Waals surface area contributed by atoms with Gasteiger partial charge < -0.3 is 15.4 Å². The molecule has 3 aliphatic heterocycles. The van der Waals surface area contributed by atoms with Crippen LogP contribution in [-0.2, 0) is 17.7 Å². The first-order valence-corrected chi connectivity index (χ1v) is 12.0. The Morgan fingerprint density at radius 2 is 2.14 bits per heavy atom. The Morgan fingerprint density at radius 1 is 1.29 bits per heavy atom. The fraction of sp³-hybridized carbons (Fsp3) is 0.810. The number of hydrogen-bond donors (Lipinski definition) is 2. The quantitative estimate of drug-likeness (QED) is 0.540. The number of aryl methyl sites for hydroxylation is 1. The Balaban J connectivity index is 1.22. The van der Waals surface area contributed by atoms with E-state index in [1.165, 1.54) is 36.4 Å². The SMILES string of the molecule is CCNC(=NCC1CCN(Cc2csc(CC)n2)CC1)NC1CC2CCC1O2. The molecule has 3 aliphatic rings. The lowest BCUT2D eigenvalue weighted by Crippen LogP contribution is -2.47. The van der Waals surface area contributed by atoms with Gasteiger partial charge in [-0.2, -0.15) is 0 Å². The number of aliphatic imine (C=N–C) groups is 1. The molecule has 0 amide bonds. The van der Waals surface area contributed by atoms with Crippen molar-refractivity contribution in [3.63, 3.8) is 0 Å². The van der Waals surface area contributed by atoms with Crippen LogP contribution in [0.1, 0.15) is 56.7 Å². The minimum Gasteiger partial charge on any atom is -0.373 e. The Morgan fingerprint density at radius 3 is 2.79 bits per heavy atom. The number of piperidine rings is 1. The topological polar surface area (TPSA) is 61.8 Å². The lowest BCUT2D eigenvalue weighted by molar-refractivity contribution is 0.0992. The predicted molar refractivity (Wildman–Crippen MR) is 115 cm³/mol. The molecule has 0 aliphatic carbocycles. The monoisotopic (exact) mass is 405 g/mol. The van der Waals surface area contributed by atoms with Gasteiger partial charge in [-0.05, 0) is 64.5 Å². The molecule has 3 unspecified atom stereocenters. The van der Waals surface area contributed by atoms with Crippen molar-refractivity contribution < 1.29 is 4.74 Å². The number of ether oxygens (including phenoxy) is 1. The molecule has 4 rings (SSSR count). The van der Waals surface area contributed by atoms with Crippen molar-refractivity contribution >= 4 is 17.3 Å². The van der Waals surface area contributed by atoms with Crippen molar-refractivity contribution in [2.24, 2.45) is 10.9 Å². The molecule has 0 radical (unpaired) electrons. The maximum absolute atomic E-state index is 5.97. The number of nitrogens with zero attached hydrogens (tertiary/aromatic N) is 3. The second kappa shape index (κ2) is 9.55. The van der Waals surface area contributed by atoms with E-state index in [1.54, 1.807) is 11.3 Å². The van der Waals surface area contributed by atoms with E-state index in [0.29, 0.717) is 24.2 Å². The molecule has 4 heterocycles. The highest BCUT2D eigenvalue weighted by Crippen LogP contribution is 2.34. The normalized spacial score (nSPS) is 28.8. The van der Waals surface area contributed by atoms with Crippen LogP contribution >= 0.6 is 11.3 Å². The number of aromatic nitrogens is 1. The number of rotatable bonds is 7. The van der Waals surface area contributed by atoms with Gasteiger partial charge in [-0.3, -0.25) is 9.89 Å². The van der Waals surface area contributed by atoms with E-state index in [-0.39, 0.29) is 0 Å². The van der Waals surface area contributed by atoms with Gasteiger partial charge in [-0.1, -0.05) is 6.92 Å². The maximum atomic E-state index is 5.97. The van der Waals surface area contributed by atoms with Crippen molar-refractivity contribution in [1.29, 1.82) is 0 Å². The largest absolute Gasteiger partial charge is 0.373 e. The van der Waals surface area contributed by atoms with Crippen molar-refractivity contribution in [2.45, 2.75) is 77.2 Å². The lowest BCUT2D eigenvalue weighted by atomic mass is 9.95. The summed E-state index contributed by atoms with van der Waals surface area (Å²) in [6.07, 6.45) is 7.91. The molecule has 0 aromatic carbocycles. The zero-order chi connectivity index (χ0) is 19.3. The summed E-state index contributed by atoms with van der Waals surface area (Å²) in [5.74, 6) is 1.66. The molecule has 1 aromatic rings. The molecule has 2 N–H and O–H groups in total. The van der Waals surface area contributed by atoms with Gasteiger partial charge in [0.1, 0.15) is 0 Å². The van der Waals surface area contributed by atoms with E-state index >= 15 is 0 Å². The zero-order valence-electron chi connectivity index (χ0n) is 17.3. The first-order valence-electron chi connectivity index (χ1n) is 11.1. The molecule has 1 aromatic heterocycles. The number of fused-ring (bicyclic) bond motifs is 2. The molecule has 156 valence electrons. The predicted octanol–water partition coefficient (Wildman–Crippen LogP) is 2.79. The molecule has 7 heteroatoms. The fourth-order valence-electron chi connectivity index (χ4n) is 4.65. The highest BCUT2D eigenvalue weighted by Gasteiger charge is 2.41. The number of guanidine groups is 1. The first kappa shape index (κ1) is 20.1. The van der Waals surface area contributed by atoms with Crippen LogP contribution < -0.4 is 10.6 Å². The van der Waals surface area contributed by atoms with Crippen LogP contribution in [0.15, 0.2) is 10.4 Å². The van der Waals surface area contributed by atoms with Crippen LogP contribution in [0.5, 0.6) is 0 Å². The van der Waals surface area contributed by atoms with Crippen molar-refractivity contribution in [3.8, 4) is 0 Å². The Labute approximate surface area is 173 Å². The third kappa shape index (κ3) is 5.05. The van der Waals surface area contributed by atoms with Gasteiger partial charge in [0.2, 0.25) is 0 Å². The van der Waals surface area contributed by atoms with E-state index in [4.69, 9.17) is 14.7 Å². The summed E-state index contributed by atoms with van der Waals surface area (Å²) in [7, 11) is 0. The molecule has 0 saturated carbocycles. The van der Waals surface area contributed by atoms with Gasteiger partial charge in [-0.15, -0.1) is 11.3 Å². The molecule has 28 heavy (non-hydrogen) atoms. The average Bonchev–Trinajstić information content (AvgIpc) is 3.44. The molecular weight excluding hydrogens is 370 g/mol. The van der Waals surface area contributed by atoms with Crippen LogP contribution in [0.4, 0.5) is 0 Å². The number of thiazole rings is 1. The highest BCUT2D eigenvalue weighted by molar-refractivity contribution is 7.09. The van der Waals surface area contributed by atoms with Gasteiger partial charge >= 0.3 is 0 Å². The summed E-state index contributed by atoms with van der Waals surface area (Å²) < 4.78 is 5.97. The van der Waals surface area contributed by atoms with E-state index in [1.807, 2.05) is 0 Å². The summed E-state index contributed by atoms with van der Waals surface area (Å²) in [4.78, 5) is 12.2. The maximum Gasteiger partial charge on any atom is 0.191 e. The van der Waals surface area contributed by atoms with Crippen molar-refractivity contribution in [1.82, 2.24) is 20.5 Å². The van der Waals surface area contributed by atoms with Crippen molar-refractivity contribution in [3.05, 3.63) is 16.1 Å². The van der Waals surface area contributed by atoms with Crippen LogP contribution in [0.25, 0.3) is 0 Å². The third-order valence-electron chi connectivity index (χ3n) is 6.27. The summed E-state index contributed by atoms with van der Waals surface area (Å²) in [5.41, 5.74) is 1.24. The number of likely N-dealkylation sites (tertiary alicyclic amines) is 1. The Kier molecular flexibility index (Phi) is 6.86. The van der Waals surface area contributed by atoms with Gasteiger partial charge in [0.05, 0.1) is 29.0 Å². The van der Waals surface area contributed by atoms with Crippen LogP contribution in [0.3, 0.4) is 0 Å². The highest BCUT2D eigenvalue weighted by atomic mass is 32.1. The van der Waals surface area contributed by atoms with E-state index in [0.717, 1.165) is 51.5 Å².